The molecule has 2 N–H and O–H groups in total. The molecule has 0 unspecified atom stereocenters. The van der Waals surface area contributed by atoms with Gasteiger partial charge in [0.25, 0.3) is 5.91 Å². The fourth-order valence-electron chi connectivity index (χ4n) is 2.88. The van der Waals surface area contributed by atoms with Gasteiger partial charge in [-0.3, -0.25) is 4.79 Å². The Bertz CT molecular complexity index is 1310. The lowest BCUT2D eigenvalue weighted by Gasteiger charge is -2.07. The molecule has 0 radical (unpaired) electrons. The summed E-state index contributed by atoms with van der Waals surface area (Å²) in [6, 6.07) is 17.1. The average Bonchev–Trinajstić information content (AvgIpc) is 3.16. The molecule has 0 saturated heterocycles. The van der Waals surface area contributed by atoms with Gasteiger partial charge in [-0.2, -0.15) is 0 Å². The van der Waals surface area contributed by atoms with Crippen molar-refractivity contribution in [3.8, 4) is 0 Å². The van der Waals surface area contributed by atoms with E-state index in [1.165, 1.54) is 23.5 Å². The number of hydrogen-bond acceptors (Lipinski definition) is 5. The van der Waals surface area contributed by atoms with Gasteiger partial charge in [0.05, 0.1) is 31.4 Å². The number of aromatic nitrogens is 1. The standard InChI is InChI=1S/C22H14Cl2N2O3S2/c23-16-7-5-12(9-17(16)24)11-30-22-26-18-8-6-13(10-19(18)31-22)25-20(27)14-3-1-2-4-15(14)21(28)29/h1-10H,11H2,(H,25,27)(H,28,29). The van der Waals surface area contributed by atoms with Crippen molar-refractivity contribution in [2.45, 2.75) is 10.1 Å². The Hall–Kier alpha value is -2.58. The number of thioether (sulfide) groups is 1. The highest BCUT2D eigenvalue weighted by molar-refractivity contribution is 8.00. The molecule has 1 aromatic heterocycles. The Labute approximate surface area is 196 Å². The SMILES string of the molecule is O=C(O)c1ccccc1C(=O)Nc1ccc2nc(SCc3ccc(Cl)c(Cl)c3)sc2c1. The van der Waals surface area contributed by atoms with E-state index in [2.05, 4.69) is 10.3 Å². The predicted molar refractivity (Wildman–Crippen MR) is 127 cm³/mol. The number of nitrogens with zero attached hydrogens (tertiary/aromatic N) is 1. The van der Waals surface area contributed by atoms with Crippen molar-refractivity contribution in [3.05, 3.63) is 87.4 Å². The number of hydrogen-bond donors (Lipinski definition) is 2. The summed E-state index contributed by atoms with van der Waals surface area (Å²) in [6.07, 6.45) is 0. The first kappa shape index (κ1) is 21.6. The van der Waals surface area contributed by atoms with Gasteiger partial charge in [-0.15, -0.1) is 11.3 Å². The molecule has 0 aliphatic rings. The van der Waals surface area contributed by atoms with Gasteiger partial charge in [0.1, 0.15) is 0 Å². The molecule has 0 aliphatic heterocycles. The van der Waals surface area contributed by atoms with Crippen LogP contribution in [0.4, 0.5) is 5.69 Å². The number of carboxylic acids is 1. The van der Waals surface area contributed by atoms with Gasteiger partial charge in [-0.1, -0.05) is 53.2 Å². The lowest BCUT2D eigenvalue weighted by Crippen LogP contribution is -2.16. The first-order chi connectivity index (χ1) is 14.9. The van der Waals surface area contributed by atoms with Crippen molar-refractivity contribution < 1.29 is 14.7 Å². The number of carbonyl (C=O) groups is 2. The predicted octanol–water partition coefficient (Wildman–Crippen LogP) is 6.85. The number of fused-ring (bicyclic) bond motifs is 1. The fourth-order valence-corrected chi connectivity index (χ4v) is 5.25. The van der Waals surface area contributed by atoms with Crippen LogP contribution < -0.4 is 5.32 Å². The van der Waals surface area contributed by atoms with E-state index < -0.39 is 11.9 Å². The van der Waals surface area contributed by atoms with Crippen molar-refractivity contribution in [1.82, 2.24) is 4.98 Å². The zero-order chi connectivity index (χ0) is 22.0. The Morgan fingerprint density at radius 2 is 1.77 bits per heavy atom. The Morgan fingerprint density at radius 1 is 1.00 bits per heavy atom. The Morgan fingerprint density at radius 3 is 2.52 bits per heavy atom. The average molecular weight is 489 g/mol. The number of benzene rings is 3. The normalized spacial score (nSPS) is 10.9. The molecule has 1 heterocycles. The second kappa shape index (κ2) is 9.28. The van der Waals surface area contributed by atoms with E-state index in [1.54, 1.807) is 36.0 Å². The summed E-state index contributed by atoms with van der Waals surface area (Å²) in [6.45, 7) is 0. The summed E-state index contributed by atoms with van der Waals surface area (Å²) in [5.41, 5.74) is 2.51. The summed E-state index contributed by atoms with van der Waals surface area (Å²) >= 11 is 15.1. The molecule has 0 spiro atoms. The van der Waals surface area contributed by atoms with Crippen LogP contribution in [-0.2, 0) is 5.75 Å². The maximum Gasteiger partial charge on any atom is 0.336 e. The van der Waals surface area contributed by atoms with E-state index in [0.717, 1.165) is 20.1 Å². The lowest BCUT2D eigenvalue weighted by atomic mass is 10.1. The smallest absolute Gasteiger partial charge is 0.336 e. The lowest BCUT2D eigenvalue weighted by molar-refractivity contribution is 0.0692. The fraction of sp³-hybridized carbons (Fsp3) is 0.0455. The molecular weight excluding hydrogens is 475 g/mol. The maximum absolute atomic E-state index is 12.6. The van der Waals surface area contributed by atoms with Gasteiger partial charge < -0.3 is 10.4 Å². The summed E-state index contributed by atoms with van der Waals surface area (Å²) in [4.78, 5) is 28.5. The van der Waals surface area contributed by atoms with Gasteiger partial charge in [-0.05, 0) is 48.0 Å². The first-order valence-corrected chi connectivity index (χ1v) is 11.6. The molecule has 4 rings (SSSR count). The van der Waals surface area contributed by atoms with Crippen LogP contribution >= 0.6 is 46.3 Å². The molecule has 3 aromatic carbocycles. The number of halogens is 2. The van der Waals surface area contributed by atoms with Crippen molar-refractivity contribution in [2.24, 2.45) is 0 Å². The Kier molecular flexibility index (Phi) is 6.48. The van der Waals surface area contributed by atoms with Crippen LogP contribution in [0, 0.1) is 0 Å². The largest absolute Gasteiger partial charge is 0.478 e. The first-order valence-electron chi connectivity index (χ1n) is 9.02. The molecule has 4 aromatic rings. The van der Waals surface area contributed by atoms with Gasteiger partial charge in [0, 0.05) is 11.4 Å². The minimum Gasteiger partial charge on any atom is -0.478 e. The summed E-state index contributed by atoms with van der Waals surface area (Å²) in [5.74, 6) is -0.921. The number of amides is 1. The van der Waals surface area contributed by atoms with E-state index in [9.17, 15) is 14.7 Å². The zero-order valence-electron chi connectivity index (χ0n) is 15.8. The number of carboxylic acid groups (broad SMARTS) is 1. The number of nitrogens with one attached hydrogen (secondary N) is 1. The van der Waals surface area contributed by atoms with E-state index in [1.807, 2.05) is 24.3 Å². The summed E-state index contributed by atoms with van der Waals surface area (Å²) in [7, 11) is 0. The molecule has 0 aliphatic carbocycles. The molecule has 1 amide bonds. The maximum atomic E-state index is 12.6. The zero-order valence-corrected chi connectivity index (χ0v) is 18.9. The van der Waals surface area contributed by atoms with Crippen LogP contribution in [0.25, 0.3) is 10.2 Å². The van der Waals surface area contributed by atoms with Gasteiger partial charge in [0.2, 0.25) is 0 Å². The van der Waals surface area contributed by atoms with Crippen LogP contribution in [0.2, 0.25) is 10.0 Å². The highest BCUT2D eigenvalue weighted by Crippen LogP contribution is 2.34. The van der Waals surface area contributed by atoms with Crippen molar-refractivity contribution in [3.63, 3.8) is 0 Å². The monoisotopic (exact) mass is 488 g/mol. The topological polar surface area (TPSA) is 79.3 Å². The quantitative estimate of drug-likeness (QED) is 0.290. The van der Waals surface area contributed by atoms with E-state index in [-0.39, 0.29) is 11.1 Å². The Balaban J connectivity index is 1.49. The number of rotatable bonds is 6. The van der Waals surface area contributed by atoms with Crippen molar-refractivity contribution >= 4 is 74.1 Å². The molecule has 5 nitrogen and oxygen atoms in total. The number of aromatic carboxylic acids is 1. The van der Waals surface area contributed by atoms with E-state index in [4.69, 9.17) is 23.2 Å². The van der Waals surface area contributed by atoms with E-state index >= 15 is 0 Å². The molecule has 0 bridgehead atoms. The third kappa shape index (κ3) is 5.02. The minimum absolute atomic E-state index is 0.0418. The highest BCUT2D eigenvalue weighted by atomic mass is 35.5. The van der Waals surface area contributed by atoms with Crippen LogP contribution in [-0.4, -0.2) is 22.0 Å². The van der Waals surface area contributed by atoms with Gasteiger partial charge >= 0.3 is 5.97 Å². The van der Waals surface area contributed by atoms with Crippen molar-refractivity contribution in [1.29, 1.82) is 0 Å². The molecule has 0 saturated carbocycles. The molecule has 156 valence electrons. The molecular formula is C22H14Cl2N2O3S2. The number of thiazole rings is 1. The van der Waals surface area contributed by atoms with Crippen LogP contribution in [0.15, 0.2) is 65.0 Å². The van der Waals surface area contributed by atoms with Gasteiger partial charge in [0.15, 0.2) is 4.34 Å². The van der Waals surface area contributed by atoms with E-state index in [0.29, 0.717) is 21.5 Å². The number of anilines is 1. The molecule has 0 fully saturated rings. The summed E-state index contributed by atoms with van der Waals surface area (Å²) in [5, 5.41) is 13.1. The minimum atomic E-state index is -1.15. The van der Waals surface area contributed by atoms with Crippen LogP contribution in [0.3, 0.4) is 0 Å². The second-order valence-electron chi connectivity index (χ2n) is 6.50. The summed E-state index contributed by atoms with van der Waals surface area (Å²) < 4.78 is 1.81. The second-order valence-corrected chi connectivity index (χ2v) is 9.57. The van der Waals surface area contributed by atoms with Crippen LogP contribution in [0.1, 0.15) is 26.3 Å². The highest BCUT2D eigenvalue weighted by Gasteiger charge is 2.16. The number of carbonyl (C=O) groups excluding carboxylic acids is 1. The van der Waals surface area contributed by atoms with Gasteiger partial charge in [-0.25, -0.2) is 9.78 Å². The van der Waals surface area contributed by atoms with Crippen molar-refractivity contribution in [2.75, 3.05) is 5.32 Å². The molecule has 9 heteroatoms. The third-order valence-electron chi connectivity index (χ3n) is 4.38. The third-order valence-corrected chi connectivity index (χ3v) is 7.35. The van der Waals surface area contributed by atoms with Crippen LogP contribution in [0.5, 0.6) is 0 Å². The molecule has 31 heavy (non-hydrogen) atoms. The molecule has 0 atom stereocenters.